The summed E-state index contributed by atoms with van der Waals surface area (Å²) >= 11 is 0. The van der Waals surface area contributed by atoms with Gasteiger partial charge in [0.15, 0.2) is 0 Å². The molecule has 8 nitrogen and oxygen atoms in total. The van der Waals surface area contributed by atoms with Gasteiger partial charge in [-0.3, -0.25) is 9.69 Å². The molecule has 0 spiro atoms. The van der Waals surface area contributed by atoms with Crippen LogP contribution in [-0.4, -0.2) is 57.9 Å². The number of ether oxygens (including phenoxy) is 1. The molecule has 1 amide bonds. The number of morpholine rings is 1. The third-order valence-electron chi connectivity index (χ3n) is 3.97. The number of rotatable bonds is 6. The first-order chi connectivity index (χ1) is 11.6. The van der Waals surface area contributed by atoms with E-state index in [-0.39, 0.29) is 12.0 Å². The zero-order valence-electron chi connectivity index (χ0n) is 14.1. The van der Waals surface area contributed by atoms with Crippen LogP contribution in [-0.2, 0) is 22.6 Å². The van der Waals surface area contributed by atoms with Crippen molar-refractivity contribution in [2.24, 2.45) is 0 Å². The number of aromatic nitrogens is 3. The van der Waals surface area contributed by atoms with Gasteiger partial charge < -0.3 is 14.5 Å². The topological polar surface area (TPSA) is 85.4 Å². The molecule has 1 saturated heterocycles. The molecule has 0 aromatic carbocycles. The molecular weight excluding hydrogens is 310 g/mol. The number of amides is 1. The third-order valence-corrected chi connectivity index (χ3v) is 3.97. The zero-order chi connectivity index (χ0) is 16.9. The lowest BCUT2D eigenvalue weighted by Gasteiger charge is -2.32. The molecule has 24 heavy (non-hydrogen) atoms. The molecule has 3 rings (SSSR count). The van der Waals surface area contributed by atoms with Crippen LogP contribution in [0.15, 0.2) is 22.8 Å². The second-order valence-electron chi connectivity index (χ2n) is 5.97. The molecule has 0 bridgehead atoms. The minimum Gasteiger partial charge on any atom is -0.467 e. The largest absolute Gasteiger partial charge is 0.467 e. The summed E-state index contributed by atoms with van der Waals surface area (Å²) < 4.78 is 12.9. The second kappa shape index (κ2) is 7.59. The Kier molecular flexibility index (Phi) is 5.27. The smallest absolute Gasteiger partial charge is 0.234 e. The predicted octanol–water partition coefficient (Wildman–Crippen LogP) is 0.505. The van der Waals surface area contributed by atoms with Gasteiger partial charge in [-0.05, 0) is 26.0 Å². The first kappa shape index (κ1) is 16.7. The summed E-state index contributed by atoms with van der Waals surface area (Å²) in [6.45, 7) is 7.29. The van der Waals surface area contributed by atoms with Crippen LogP contribution in [0.3, 0.4) is 0 Å². The van der Waals surface area contributed by atoms with E-state index in [0.29, 0.717) is 32.8 Å². The Bertz CT molecular complexity index is 667. The average Bonchev–Trinajstić information content (AvgIpc) is 3.16. The molecule has 1 aliphatic rings. The molecule has 0 saturated carbocycles. The Morgan fingerprint density at radius 3 is 3.04 bits per heavy atom. The molecule has 1 atom stereocenters. The number of nitrogens with one attached hydrogen (secondary N) is 1. The van der Waals surface area contributed by atoms with Gasteiger partial charge in [-0.25, -0.2) is 9.67 Å². The number of carbonyl (C=O) groups is 1. The second-order valence-corrected chi connectivity index (χ2v) is 5.97. The van der Waals surface area contributed by atoms with Crippen molar-refractivity contribution < 1.29 is 13.9 Å². The van der Waals surface area contributed by atoms with E-state index in [4.69, 9.17) is 9.15 Å². The predicted molar refractivity (Wildman–Crippen MR) is 86.2 cm³/mol. The van der Waals surface area contributed by atoms with Crippen molar-refractivity contribution in [3.05, 3.63) is 35.8 Å². The number of furan rings is 1. The van der Waals surface area contributed by atoms with E-state index in [9.17, 15) is 4.79 Å². The molecule has 2 aromatic rings. The number of nitrogens with zero attached hydrogens (tertiary/aromatic N) is 4. The summed E-state index contributed by atoms with van der Waals surface area (Å²) in [4.78, 5) is 18.5. The van der Waals surface area contributed by atoms with Crippen LogP contribution in [0.4, 0.5) is 0 Å². The molecular formula is C16H23N5O3. The van der Waals surface area contributed by atoms with Crippen LogP contribution in [0.1, 0.15) is 17.4 Å². The standard InChI is InChI=1S/C16H23N5O3/c1-12-18-13(2)21(19-12)10-15-9-20(5-7-24-15)11-16(22)17-8-14-4-3-6-23-14/h3-4,6,15H,5,7-11H2,1-2H3,(H,17,22)/t15-/m0/s1. The first-order valence-corrected chi connectivity index (χ1v) is 8.11. The lowest BCUT2D eigenvalue weighted by molar-refractivity contribution is -0.124. The maximum absolute atomic E-state index is 12.1. The van der Waals surface area contributed by atoms with Gasteiger partial charge in [-0.1, -0.05) is 0 Å². The molecule has 1 fully saturated rings. The quantitative estimate of drug-likeness (QED) is 0.829. The van der Waals surface area contributed by atoms with Crippen molar-refractivity contribution in [3.63, 3.8) is 0 Å². The van der Waals surface area contributed by atoms with Gasteiger partial charge in [0.1, 0.15) is 17.4 Å². The zero-order valence-corrected chi connectivity index (χ0v) is 14.1. The van der Waals surface area contributed by atoms with E-state index in [1.54, 1.807) is 6.26 Å². The van der Waals surface area contributed by atoms with E-state index in [1.807, 2.05) is 30.7 Å². The third kappa shape index (κ3) is 4.42. The number of hydrogen-bond acceptors (Lipinski definition) is 6. The summed E-state index contributed by atoms with van der Waals surface area (Å²) in [5.41, 5.74) is 0. The minimum atomic E-state index is -0.0140. The highest BCUT2D eigenvalue weighted by Crippen LogP contribution is 2.09. The Morgan fingerprint density at radius 1 is 1.46 bits per heavy atom. The summed E-state index contributed by atoms with van der Waals surface area (Å²) in [5.74, 6) is 2.38. The average molecular weight is 333 g/mol. The van der Waals surface area contributed by atoms with E-state index in [0.717, 1.165) is 24.0 Å². The highest BCUT2D eigenvalue weighted by atomic mass is 16.5. The normalized spacial score (nSPS) is 18.7. The molecule has 0 aliphatic carbocycles. The van der Waals surface area contributed by atoms with Crippen LogP contribution >= 0.6 is 0 Å². The first-order valence-electron chi connectivity index (χ1n) is 8.11. The van der Waals surface area contributed by atoms with E-state index in [2.05, 4.69) is 20.3 Å². The Hall–Kier alpha value is -2.19. The Labute approximate surface area is 140 Å². The lowest BCUT2D eigenvalue weighted by Crippen LogP contribution is -2.48. The van der Waals surface area contributed by atoms with Crippen molar-refractivity contribution in [2.75, 3.05) is 26.2 Å². The summed E-state index contributed by atoms with van der Waals surface area (Å²) in [6, 6.07) is 3.65. The Balaban J connectivity index is 1.46. The van der Waals surface area contributed by atoms with Crippen molar-refractivity contribution >= 4 is 5.91 Å². The molecule has 0 unspecified atom stereocenters. The van der Waals surface area contributed by atoms with Gasteiger partial charge in [0.2, 0.25) is 5.91 Å². The van der Waals surface area contributed by atoms with E-state index in [1.165, 1.54) is 0 Å². The highest BCUT2D eigenvalue weighted by Gasteiger charge is 2.23. The van der Waals surface area contributed by atoms with Crippen LogP contribution in [0.2, 0.25) is 0 Å². The van der Waals surface area contributed by atoms with Gasteiger partial charge in [0.05, 0.1) is 38.6 Å². The van der Waals surface area contributed by atoms with Crippen LogP contribution < -0.4 is 5.32 Å². The van der Waals surface area contributed by atoms with Gasteiger partial charge in [0, 0.05) is 13.1 Å². The maximum Gasteiger partial charge on any atom is 0.234 e. The monoisotopic (exact) mass is 333 g/mol. The number of carbonyl (C=O) groups excluding carboxylic acids is 1. The molecule has 2 aromatic heterocycles. The maximum atomic E-state index is 12.1. The Morgan fingerprint density at radius 2 is 2.33 bits per heavy atom. The fourth-order valence-corrected chi connectivity index (χ4v) is 2.82. The van der Waals surface area contributed by atoms with Crippen LogP contribution in [0.5, 0.6) is 0 Å². The SMILES string of the molecule is Cc1nc(C)n(C[C@@H]2CN(CC(=O)NCc3ccco3)CCO2)n1. The van der Waals surface area contributed by atoms with E-state index >= 15 is 0 Å². The van der Waals surface area contributed by atoms with Crippen molar-refractivity contribution in [3.8, 4) is 0 Å². The van der Waals surface area contributed by atoms with Crippen molar-refractivity contribution in [2.45, 2.75) is 33.0 Å². The molecule has 1 N–H and O–H groups in total. The van der Waals surface area contributed by atoms with Crippen molar-refractivity contribution in [1.82, 2.24) is 25.0 Å². The van der Waals surface area contributed by atoms with Gasteiger partial charge in [-0.15, -0.1) is 0 Å². The molecule has 8 heteroatoms. The molecule has 1 aliphatic heterocycles. The molecule has 0 radical (unpaired) electrons. The minimum absolute atomic E-state index is 0.0106. The van der Waals surface area contributed by atoms with Crippen LogP contribution in [0.25, 0.3) is 0 Å². The van der Waals surface area contributed by atoms with Crippen molar-refractivity contribution in [1.29, 1.82) is 0 Å². The lowest BCUT2D eigenvalue weighted by atomic mass is 10.2. The summed E-state index contributed by atoms with van der Waals surface area (Å²) in [6.07, 6.45) is 1.61. The van der Waals surface area contributed by atoms with Gasteiger partial charge in [-0.2, -0.15) is 5.10 Å². The number of hydrogen-bond donors (Lipinski definition) is 1. The van der Waals surface area contributed by atoms with Crippen LogP contribution in [0, 0.1) is 13.8 Å². The van der Waals surface area contributed by atoms with Gasteiger partial charge in [0.25, 0.3) is 0 Å². The highest BCUT2D eigenvalue weighted by molar-refractivity contribution is 5.77. The fourth-order valence-electron chi connectivity index (χ4n) is 2.82. The molecule has 130 valence electrons. The van der Waals surface area contributed by atoms with E-state index < -0.39 is 0 Å². The van der Waals surface area contributed by atoms with Gasteiger partial charge >= 0.3 is 0 Å². The molecule has 3 heterocycles. The number of aryl methyl sites for hydroxylation is 2. The summed E-state index contributed by atoms with van der Waals surface area (Å²) in [7, 11) is 0. The summed E-state index contributed by atoms with van der Waals surface area (Å²) in [5, 5.41) is 7.23. The fraction of sp³-hybridized carbons (Fsp3) is 0.562.